The number of hydrogen-bond acceptors (Lipinski definition) is 3. The number of benzene rings is 2. The first-order chi connectivity index (χ1) is 9.77. The fraction of sp³-hybridized carbons (Fsp3) is 0.0769. The second-order valence-corrected chi connectivity index (χ2v) is 6.26. The molecule has 0 aromatic heterocycles. The molecular weight excluding hydrogens is 322 g/mol. The van der Waals surface area contributed by atoms with Crippen LogP contribution in [0.1, 0.15) is 5.56 Å². The highest BCUT2D eigenvalue weighted by molar-refractivity contribution is 7.89. The van der Waals surface area contributed by atoms with E-state index in [1.54, 1.807) is 0 Å². The molecule has 0 heterocycles. The Morgan fingerprint density at radius 3 is 2.38 bits per heavy atom. The zero-order chi connectivity index (χ0) is 15.6. The fourth-order valence-electron chi connectivity index (χ4n) is 1.66. The van der Waals surface area contributed by atoms with Crippen LogP contribution in [0.15, 0.2) is 41.3 Å². The van der Waals surface area contributed by atoms with E-state index in [1.165, 1.54) is 30.3 Å². The Bertz CT molecular complexity index is 782. The van der Waals surface area contributed by atoms with Crippen LogP contribution in [0.4, 0.5) is 14.5 Å². The molecule has 0 saturated heterocycles. The average molecular weight is 333 g/mol. The van der Waals surface area contributed by atoms with Crippen LogP contribution < -0.4 is 10.5 Å². The molecule has 0 aliphatic heterocycles. The van der Waals surface area contributed by atoms with Crippen molar-refractivity contribution in [3.8, 4) is 0 Å². The first-order valence-corrected chi connectivity index (χ1v) is 7.70. The quantitative estimate of drug-likeness (QED) is 0.904. The van der Waals surface area contributed by atoms with Gasteiger partial charge in [0.05, 0.1) is 15.6 Å². The molecule has 4 nitrogen and oxygen atoms in total. The second kappa shape index (κ2) is 5.97. The predicted molar refractivity (Wildman–Crippen MR) is 76.5 cm³/mol. The van der Waals surface area contributed by atoms with E-state index < -0.39 is 21.7 Å². The van der Waals surface area contributed by atoms with Gasteiger partial charge in [0.2, 0.25) is 10.0 Å². The van der Waals surface area contributed by atoms with Gasteiger partial charge in [-0.3, -0.25) is 0 Å². The number of nitrogens with two attached hydrogens (primary N) is 1. The lowest BCUT2D eigenvalue weighted by molar-refractivity contribution is 0.593. The molecule has 3 N–H and O–H groups in total. The van der Waals surface area contributed by atoms with Crippen LogP contribution in [0.3, 0.4) is 0 Å². The van der Waals surface area contributed by atoms with Crippen molar-refractivity contribution in [2.24, 2.45) is 5.14 Å². The topological polar surface area (TPSA) is 72.2 Å². The molecule has 0 amide bonds. The molecule has 2 aromatic carbocycles. The third-order valence-electron chi connectivity index (χ3n) is 2.74. The number of rotatable bonds is 4. The zero-order valence-electron chi connectivity index (χ0n) is 10.6. The number of primary sulfonamides is 1. The normalized spacial score (nSPS) is 11.4. The fourth-order valence-corrected chi connectivity index (χ4v) is 2.39. The summed E-state index contributed by atoms with van der Waals surface area (Å²) < 4.78 is 48.9. The third kappa shape index (κ3) is 3.90. The van der Waals surface area contributed by atoms with E-state index in [0.29, 0.717) is 5.56 Å². The largest absolute Gasteiger partial charge is 0.379 e. The Kier molecular flexibility index (Phi) is 4.46. The molecule has 0 fully saturated rings. The lowest BCUT2D eigenvalue weighted by Gasteiger charge is -2.09. The second-order valence-electron chi connectivity index (χ2n) is 4.29. The monoisotopic (exact) mass is 332 g/mol. The molecule has 0 saturated carbocycles. The Morgan fingerprint density at radius 1 is 1.10 bits per heavy atom. The lowest BCUT2D eigenvalue weighted by Crippen LogP contribution is -2.12. The van der Waals surface area contributed by atoms with Crippen LogP contribution in [-0.2, 0) is 16.6 Å². The molecule has 0 unspecified atom stereocenters. The van der Waals surface area contributed by atoms with Gasteiger partial charge in [0.15, 0.2) is 0 Å². The van der Waals surface area contributed by atoms with Crippen molar-refractivity contribution in [3.05, 3.63) is 58.6 Å². The summed E-state index contributed by atoms with van der Waals surface area (Å²) in [4.78, 5) is -0.310. The van der Waals surface area contributed by atoms with E-state index in [0.717, 1.165) is 6.07 Å². The first kappa shape index (κ1) is 15.7. The molecule has 2 rings (SSSR count). The van der Waals surface area contributed by atoms with Crippen molar-refractivity contribution in [3.63, 3.8) is 0 Å². The van der Waals surface area contributed by atoms with Gasteiger partial charge in [-0.2, -0.15) is 0 Å². The molecular formula is C13H11ClF2N2O2S. The number of hydrogen-bond donors (Lipinski definition) is 2. The molecule has 0 aliphatic rings. The van der Waals surface area contributed by atoms with Gasteiger partial charge in [0, 0.05) is 6.54 Å². The van der Waals surface area contributed by atoms with Gasteiger partial charge in [-0.15, -0.1) is 0 Å². The minimum absolute atomic E-state index is 0.0284. The van der Waals surface area contributed by atoms with Gasteiger partial charge in [0.1, 0.15) is 11.6 Å². The lowest BCUT2D eigenvalue weighted by atomic mass is 10.2. The molecule has 21 heavy (non-hydrogen) atoms. The third-order valence-corrected chi connectivity index (χ3v) is 3.94. The van der Waals surface area contributed by atoms with E-state index in [-0.39, 0.29) is 22.2 Å². The van der Waals surface area contributed by atoms with E-state index >= 15 is 0 Å². The summed E-state index contributed by atoms with van der Waals surface area (Å²) in [5, 5.41) is 7.64. The van der Waals surface area contributed by atoms with Crippen LogP contribution in [0.25, 0.3) is 0 Å². The molecule has 0 atom stereocenters. The summed E-state index contributed by atoms with van der Waals surface area (Å²) in [7, 11) is -3.95. The van der Waals surface area contributed by atoms with Gasteiger partial charge in [-0.05, 0) is 35.9 Å². The highest BCUT2D eigenvalue weighted by Crippen LogP contribution is 2.20. The molecule has 2 aromatic rings. The Balaban J connectivity index is 2.15. The highest BCUT2D eigenvalue weighted by atomic mass is 35.5. The van der Waals surface area contributed by atoms with Gasteiger partial charge in [0.25, 0.3) is 0 Å². The van der Waals surface area contributed by atoms with Gasteiger partial charge in [-0.1, -0.05) is 17.7 Å². The molecule has 0 bridgehead atoms. The number of sulfonamides is 1. The Labute approximate surface area is 125 Å². The van der Waals surface area contributed by atoms with E-state index in [1.807, 2.05) is 0 Å². The minimum Gasteiger partial charge on any atom is -0.379 e. The molecule has 8 heteroatoms. The summed E-state index contributed by atoms with van der Waals surface area (Å²) in [5.41, 5.74) is 0.749. The number of halogens is 3. The highest BCUT2D eigenvalue weighted by Gasteiger charge is 2.11. The van der Waals surface area contributed by atoms with Crippen molar-refractivity contribution in [2.75, 3.05) is 5.32 Å². The summed E-state index contributed by atoms with van der Waals surface area (Å²) in [6.45, 7) is 0.200. The van der Waals surface area contributed by atoms with Crippen molar-refractivity contribution < 1.29 is 17.2 Å². The zero-order valence-corrected chi connectivity index (χ0v) is 12.2. The van der Waals surface area contributed by atoms with E-state index in [9.17, 15) is 17.2 Å². The number of nitrogens with one attached hydrogen (secondary N) is 1. The maximum atomic E-state index is 13.8. The summed E-state index contributed by atoms with van der Waals surface area (Å²) >= 11 is 5.64. The van der Waals surface area contributed by atoms with Crippen LogP contribution >= 0.6 is 11.6 Å². The summed E-state index contributed by atoms with van der Waals surface area (Å²) in [6, 6.07) is 7.42. The van der Waals surface area contributed by atoms with Crippen molar-refractivity contribution in [1.82, 2.24) is 0 Å². The standard InChI is InChI=1S/C13H11ClF2N2O2S/c14-10-5-8(1-3-11(10)15)7-18-13-4-2-9(6-12(13)16)21(17,19)20/h1-6,18H,7H2,(H2,17,19,20). The summed E-state index contributed by atoms with van der Waals surface area (Å²) in [5.74, 6) is -1.29. The van der Waals surface area contributed by atoms with E-state index in [2.05, 4.69) is 5.32 Å². The van der Waals surface area contributed by atoms with Crippen molar-refractivity contribution in [1.29, 1.82) is 0 Å². The maximum absolute atomic E-state index is 13.8. The van der Waals surface area contributed by atoms with Crippen LogP contribution in [0.5, 0.6) is 0 Å². The van der Waals surface area contributed by atoms with Gasteiger partial charge in [-0.25, -0.2) is 22.3 Å². The van der Waals surface area contributed by atoms with Crippen LogP contribution in [-0.4, -0.2) is 8.42 Å². The maximum Gasteiger partial charge on any atom is 0.238 e. The minimum atomic E-state index is -3.95. The molecule has 0 spiro atoms. The van der Waals surface area contributed by atoms with Gasteiger partial charge >= 0.3 is 0 Å². The Morgan fingerprint density at radius 2 is 1.81 bits per heavy atom. The van der Waals surface area contributed by atoms with Crippen molar-refractivity contribution >= 4 is 27.3 Å². The summed E-state index contributed by atoms with van der Waals surface area (Å²) in [6.07, 6.45) is 0. The van der Waals surface area contributed by atoms with Gasteiger partial charge < -0.3 is 5.32 Å². The molecule has 112 valence electrons. The predicted octanol–water partition coefficient (Wildman–Crippen LogP) is 2.88. The smallest absolute Gasteiger partial charge is 0.238 e. The van der Waals surface area contributed by atoms with E-state index in [4.69, 9.17) is 16.7 Å². The average Bonchev–Trinajstić information content (AvgIpc) is 2.40. The first-order valence-electron chi connectivity index (χ1n) is 5.77. The number of anilines is 1. The Hall–Kier alpha value is -1.70. The van der Waals surface area contributed by atoms with Crippen molar-refractivity contribution in [2.45, 2.75) is 11.4 Å². The van der Waals surface area contributed by atoms with Crippen LogP contribution in [0, 0.1) is 11.6 Å². The molecule has 0 aliphatic carbocycles. The molecule has 0 radical (unpaired) electrons. The SMILES string of the molecule is NS(=O)(=O)c1ccc(NCc2ccc(F)c(Cl)c2)c(F)c1. The van der Waals surface area contributed by atoms with Crippen LogP contribution in [0.2, 0.25) is 5.02 Å².